The highest BCUT2D eigenvalue weighted by molar-refractivity contribution is 9.10. The van der Waals surface area contributed by atoms with Crippen LogP contribution in [-0.4, -0.2) is 29.2 Å². The van der Waals surface area contributed by atoms with Gasteiger partial charge in [0.2, 0.25) is 0 Å². The highest BCUT2D eigenvalue weighted by Gasteiger charge is 2.19. The van der Waals surface area contributed by atoms with Gasteiger partial charge in [0.1, 0.15) is 16.2 Å². The summed E-state index contributed by atoms with van der Waals surface area (Å²) in [5, 5.41) is 3.36. The fourth-order valence-electron chi connectivity index (χ4n) is 2.03. The van der Waals surface area contributed by atoms with Crippen LogP contribution in [0.5, 0.6) is 0 Å². The number of ether oxygens (including phenoxy) is 1. The molecule has 0 aliphatic carbocycles. The zero-order chi connectivity index (χ0) is 13.9. The fourth-order valence-corrected chi connectivity index (χ4v) is 2.42. The quantitative estimate of drug-likeness (QED) is 0.863. The summed E-state index contributed by atoms with van der Waals surface area (Å²) >= 11 is 3.45. The van der Waals surface area contributed by atoms with Gasteiger partial charge in [-0.15, -0.1) is 0 Å². The average molecular weight is 328 g/mol. The molecule has 1 aromatic rings. The Hall–Kier alpha value is -0.680. The molecular formula is C14H22BrN3O. The van der Waals surface area contributed by atoms with Crippen molar-refractivity contribution in [1.82, 2.24) is 9.97 Å². The van der Waals surface area contributed by atoms with E-state index in [2.05, 4.69) is 52.0 Å². The molecule has 0 amide bonds. The zero-order valence-corrected chi connectivity index (χ0v) is 13.5. The molecule has 0 saturated carbocycles. The molecule has 1 atom stereocenters. The van der Waals surface area contributed by atoms with E-state index in [-0.39, 0.29) is 5.41 Å². The summed E-state index contributed by atoms with van der Waals surface area (Å²) in [5.74, 6) is 1.70. The minimum Gasteiger partial charge on any atom is -0.376 e. The van der Waals surface area contributed by atoms with Gasteiger partial charge >= 0.3 is 0 Å². The molecule has 4 nitrogen and oxygen atoms in total. The lowest BCUT2D eigenvalue weighted by Gasteiger charge is -2.23. The Balaban J connectivity index is 2.01. The largest absolute Gasteiger partial charge is 0.376 e. The first-order valence-electron chi connectivity index (χ1n) is 6.86. The van der Waals surface area contributed by atoms with E-state index in [1.54, 1.807) is 0 Å². The Kier molecular flexibility index (Phi) is 4.79. The maximum absolute atomic E-state index is 5.71. The summed E-state index contributed by atoms with van der Waals surface area (Å²) in [6, 6.07) is 1.91. The summed E-state index contributed by atoms with van der Waals surface area (Å²) in [7, 11) is 0. The van der Waals surface area contributed by atoms with E-state index in [1.807, 2.05) is 6.07 Å². The van der Waals surface area contributed by atoms with Gasteiger partial charge in [-0.2, -0.15) is 0 Å². The number of aromatic nitrogens is 2. The molecule has 1 aliphatic heterocycles. The Labute approximate surface area is 123 Å². The van der Waals surface area contributed by atoms with E-state index in [4.69, 9.17) is 4.74 Å². The lowest BCUT2D eigenvalue weighted by Crippen LogP contribution is -2.27. The van der Waals surface area contributed by atoms with Crippen molar-refractivity contribution in [3.63, 3.8) is 0 Å². The summed E-state index contributed by atoms with van der Waals surface area (Å²) in [6.07, 6.45) is 3.88. The molecule has 0 radical (unpaired) electrons. The molecule has 1 unspecified atom stereocenters. The summed E-state index contributed by atoms with van der Waals surface area (Å²) in [4.78, 5) is 9.02. The number of nitrogens with one attached hydrogen (secondary N) is 1. The lowest BCUT2D eigenvalue weighted by molar-refractivity contribution is 0.0247. The molecule has 0 spiro atoms. The summed E-state index contributed by atoms with van der Waals surface area (Å²) < 4.78 is 6.53. The van der Waals surface area contributed by atoms with E-state index >= 15 is 0 Å². The van der Waals surface area contributed by atoms with E-state index in [0.29, 0.717) is 6.10 Å². The summed E-state index contributed by atoms with van der Waals surface area (Å²) in [6.45, 7) is 8.04. The van der Waals surface area contributed by atoms with E-state index in [0.717, 1.165) is 35.8 Å². The Bertz CT molecular complexity index is 425. The van der Waals surface area contributed by atoms with Crippen molar-refractivity contribution in [2.45, 2.75) is 51.6 Å². The first-order valence-corrected chi connectivity index (χ1v) is 7.65. The molecule has 1 aliphatic rings. The predicted octanol–water partition coefficient (Wildman–Crippen LogP) is 3.52. The van der Waals surface area contributed by atoms with Crippen LogP contribution in [0.3, 0.4) is 0 Å². The highest BCUT2D eigenvalue weighted by atomic mass is 79.9. The van der Waals surface area contributed by atoms with Crippen LogP contribution in [-0.2, 0) is 10.2 Å². The van der Waals surface area contributed by atoms with Gasteiger partial charge in [-0.25, -0.2) is 9.97 Å². The topological polar surface area (TPSA) is 47.0 Å². The van der Waals surface area contributed by atoms with Crippen LogP contribution < -0.4 is 5.32 Å². The first-order chi connectivity index (χ1) is 8.95. The fraction of sp³-hybridized carbons (Fsp3) is 0.714. The van der Waals surface area contributed by atoms with E-state index in [9.17, 15) is 0 Å². The van der Waals surface area contributed by atoms with Gasteiger partial charge in [-0.1, -0.05) is 20.8 Å². The SMILES string of the molecule is CC(C)(C)c1nc(Br)cc(NCC2CCCCO2)n1. The van der Waals surface area contributed by atoms with Crippen molar-refractivity contribution in [3.8, 4) is 0 Å². The molecule has 5 heteroatoms. The van der Waals surface area contributed by atoms with E-state index in [1.165, 1.54) is 12.8 Å². The number of nitrogens with zero attached hydrogens (tertiary/aromatic N) is 2. The second-order valence-corrected chi connectivity index (χ2v) is 6.83. The lowest BCUT2D eigenvalue weighted by atomic mass is 9.96. The maximum atomic E-state index is 5.71. The summed E-state index contributed by atoms with van der Waals surface area (Å²) in [5.41, 5.74) is -0.0540. The van der Waals surface area contributed by atoms with Crippen LogP contribution in [0, 0.1) is 0 Å². The molecule has 1 N–H and O–H groups in total. The Morgan fingerprint density at radius 3 is 2.79 bits per heavy atom. The van der Waals surface area contributed by atoms with Gasteiger partial charge in [0, 0.05) is 24.6 Å². The van der Waals surface area contributed by atoms with Crippen molar-refractivity contribution in [3.05, 3.63) is 16.5 Å². The monoisotopic (exact) mass is 327 g/mol. The Morgan fingerprint density at radius 2 is 2.16 bits per heavy atom. The third kappa shape index (κ3) is 4.42. The van der Waals surface area contributed by atoms with Crippen LogP contribution in [0.4, 0.5) is 5.82 Å². The van der Waals surface area contributed by atoms with Gasteiger partial charge in [0.05, 0.1) is 6.10 Å². The van der Waals surface area contributed by atoms with Crippen molar-refractivity contribution in [2.24, 2.45) is 0 Å². The maximum Gasteiger partial charge on any atom is 0.137 e. The highest BCUT2D eigenvalue weighted by Crippen LogP contribution is 2.22. The zero-order valence-electron chi connectivity index (χ0n) is 11.9. The number of anilines is 1. The van der Waals surface area contributed by atoms with Crippen molar-refractivity contribution in [1.29, 1.82) is 0 Å². The van der Waals surface area contributed by atoms with Gasteiger partial charge < -0.3 is 10.1 Å². The molecule has 0 aromatic carbocycles. The molecule has 0 bridgehead atoms. The number of hydrogen-bond donors (Lipinski definition) is 1. The van der Waals surface area contributed by atoms with Crippen LogP contribution in [0.1, 0.15) is 45.9 Å². The molecule has 2 heterocycles. The van der Waals surface area contributed by atoms with Crippen LogP contribution in [0.15, 0.2) is 10.7 Å². The minimum absolute atomic E-state index is 0.0540. The van der Waals surface area contributed by atoms with E-state index < -0.39 is 0 Å². The van der Waals surface area contributed by atoms with Crippen LogP contribution in [0.2, 0.25) is 0 Å². The molecule has 1 fully saturated rings. The smallest absolute Gasteiger partial charge is 0.137 e. The number of halogens is 1. The van der Waals surface area contributed by atoms with Crippen molar-refractivity contribution in [2.75, 3.05) is 18.5 Å². The minimum atomic E-state index is -0.0540. The molecule has 1 aromatic heterocycles. The van der Waals surface area contributed by atoms with Crippen molar-refractivity contribution >= 4 is 21.7 Å². The second kappa shape index (κ2) is 6.18. The van der Waals surface area contributed by atoms with Gasteiger partial charge in [-0.05, 0) is 35.2 Å². The second-order valence-electron chi connectivity index (χ2n) is 6.02. The van der Waals surface area contributed by atoms with Gasteiger partial charge in [0.15, 0.2) is 0 Å². The molecule has 19 heavy (non-hydrogen) atoms. The third-order valence-electron chi connectivity index (χ3n) is 3.15. The van der Waals surface area contributed by atoms with Gasteiger partial charge in [0.25, 0.3) is 0 Å². The average Bonchev–Trinajstić information content (AvgIpc) is 2.36. The number of rotatable bonds is 3. The normalized spacial score (nSPS) is 20.3. The first kappa shape index (κ1) is 14.7. The van der Waals surface area contributed by atoms with Crippen LogP contribution in [0.25, 0.3) is 0 Å². The molecular weight excluding hydrogens is 306 g/mol. The Morgan fingerprint density at radius 1 is 1.37 bits per heavy atom. The predicted molar refractivity (Wildman–Crippen MR) is 80.5 cm³/mol. The number of hydrogen-bond acceptors (Lipinski definition) is 4. The molecule has 2 rings (SSSR count). The van der Waals surface area contributed by atoms with Crippen LogP contribution >= 0.6 is 15.9 Å². The molecule has 1 saturated heterocycles. The molecule has 106 valence electrons. The van der Waals surface area contributed by atoms with Gasteiger partial charge in [-0.3, -0.25) is 0 Å². The third-order valence-corrected chi connectivity index (χ3v) is 3.56. The van der Waals surface area contributed by atoms with Crippen molar-refractivity contribution < 1.29 is 4.74 Å². The standard InChI is InChI=1S/C14H22BrN3O/c1-14(2,3)13-17-11(15)8-12(18-13)16-9-10-6-4-5-7-19-10/h8,10H,4-7,9H2,1-3H3,(H,16,17,18).